The van der Waals surface area contributed by atoms with Crippen molar-refractivity contribution in [1.29, 1.82) is 0 Å². The standard InChI is InChI=1S/C15H26N2S2/c1-4-5-16-9-15-8-14(13(3)19-15)10-17-6-7-18-11-12(17)2/h8,12,16H,4-7,9-11H2,1-3H3. The van der Waals surface area contributed by atoms with Gasteiger partial charge in [-0.2, -0.15) is 11.8 Å². The van der Waals surface area contributed by atoms with E-state index in [1.54, 1.807) is 0 Å². The normalized spacial score (nSPS) is 20.9. The highest BCUT2D eigenvalue weighted by Crippen LogP contribution is 2.25. The fraction of sp³-hybridized carbons (Fsp3) is 0.733. The van der Waals surface area contributed by atoms with E-state index in [0.717, 1.165) is 25.7 Å². The highest BCUT2D eigenvalue weighted by atomic mass is 32.2. The van der Waals surface area contributed by atoms with Crippen LogP contribution in [0.25, 0.3) is 0 Å². The number of nitrogens with zero attached hydrogens (tertiary/aromatic N) is 1. The molecule has 1 fully saturated rings. The summed E-state index contributed by atoms with van der Waals surface area (Å²) in [6.45, 7) is 11.4. The lowest BCUT2D eigenvalue weighted by Crippen LogP contribution is -2.39. The van der Waals surface area contributed by atoms with Gasteiger partial charge in [0.2, 0.25) is 0 Å². The lowest BCUT2D eigenvalue weighted by Gasteiger charge is -2.32. The zero-order valence-corrected chi connectivity index (χ0v) is 14.0. The summed E-state index contributed by atoms with van der Waals surface area (Å²) in [5.74, 6) is 2.58. The summed E-state index contributed by atoms with van der Waals surface area (Å²) >= 11 is 4.05. The second-order valence-electron chi connectivity index (χ2n) is 5.37. The molecular weight excluding hydrogens is 272 g/mol. The largest absolute Gasteiger partial charge is 0.312 e. The van der Waals surface area contributed by atoms with Crippen LogP contribution in [0.3, 0.4) is 0 Å². The van der Waals surface area contributed by atoms with Crippen molar-refractivity contribution in [2.45, 2.75) is 46.3 Å². The Hall–Kier alpha value is -0.0300. The highest BCUT2D eigenvalue weighted by Gasteiger charge is 2.19. The van der Waals surface area contributed by atoms with Gasteiger partial charge in [-0.25, -0.2) is 0 Å². The Bertz CT molecular complexity index is 389. The van der Waals surface area contributed by atoms with Crippen molar-refractivity contribution < 1.29 is 0 Å². The van der Waals surface area contributed by atoms with Crippen molar-refractivity contribution in [2.75, 3.05) is 24.6 Å². The van der Waals surface area contributed by atoms with Crippen LogP contribution in [0, 0.1) is 6.92 Å². The molecular formula is C15H26N2S2. The molecule has 0 bridgehead atoms. The third-order valence-corrected chi connectivity index (χ3v) is 5.96. The van der Waals surface area contributed by atoms with E-state index >= 15 is 0 Å². The Labute approximate surface area is 126 Å². The van der Waals surface area contributed by atoms with E-state index < -0.39 is 0 Å². The van der Waals surface area contributed by atoms with E-state index in [1.807, 2.05) is 11.3 Å². The van der Waals surface area contributed by atoms with Gasteiger partial charge in [-0.3, -0.25) is 4.90 Å². The third-order valence-electron chi connectivity index (χ3n) is 3.68. The smallest absolute Gasteiger partial charge is 0.0299 e. The van der Waals surface area contributed by atoms with E-state index in [9.17, 15) is 0 Å². The van der Waals surface area contributed by atoms with Crippen molar-refractivity contribution in [1.82, 2.24) is 10.2 Å². The first kappa shape index (κ1) is 15.4. The Kier molecular flexibility index (Phi) is 6.20. The van der Waals surface area contributed by atoms with E-state index in [1.165, 1.54) is 39.8 Å². The first-order valence-electron chi connectivity index (χ1n) is 7.31. The maximum Gasteiger partial charge on any atom is 0.0299 e. The first-order chi connectivity index (χ1) is 9.20. The van der Waals surface area contributed by atoms with E-state index in [-0.39, 0.29) is 0 Å². The topological polar surface area (TPSA) is 15.3 Å². The number of hydrogen-bond acceptors (Lipinski definition) is 4. The molecule has 1 aromatic rings. The van der Waals surface area contributed by atoms with Crippen molar-refractivity contribution in [2.24, 2.45) is 0 Å². The van der Waals surface area contributed by atoms with E-state index in [2.05, 4.69) is 48.8 Å². The molecule has 0 amide bonds. The SMILES string of the molecule is CCCNCc1cc(CN2CCSCC2C)c(C)s1. The van der Waals surface area contributed by atoms with E-state index in [0.29, 0.717) is 0 Å². The Balaban J connectivity index is 1.92. The van der Waals surface area contributed by atoms with Crippen LogP contribution in [0.4, 0.5) is 0 Å². The van der Waals surface area contributed by atoms with Gasteiger partial charge in [0.1, 0.15) is 0 Å². The van der Waals surface area contributed by atoms with E-state index in [4.69, 9.17) is 0 Å². The average molecular weight is 299 g/mol. The minimum atomic E-state index is 0.722. The Morgan fingerprint density at radius 2 is 2.32 bits per heavy atom. The molecule has 2 nitrogen and oxygen atoms in total. The van der Waals surface area contributed by atoms with Crippen LogP contribution in [0.1, 0.15) is 35.6 Å². The minimum Gasteiger partial charge on any atom is -0.312 e. The molecule has 1 aliphatic heterocycles. The molecule has 1 aromatic heterocycles. The van der Waals surface area contributed by atoms with Gasteiger partial charge in [0.15, 0.2) is 0 Å². The molecule has 0 spiro atoms. The summed E-state index contributed by atoms with van der Waals surface area (Å²) in [6.07, 6.45) is 1.21. The monoisotopic (exact) mass is 298 g/mol. The van der Waals surface area contributed by atoms with Crippen LogP contribution in [0.15, 0.2) is 6.07 Å². The highest BCUT2D eigenvalue weighted by molar-refractivity contribution is 7.99. The third kappa shape index (κ3) is 4.48. The fourth-order valence-electron chi connectivity index (χ4n) is 2.44. The summed E-state index contributed by atoms with van der Waals surface area (Å²) in [5.41, 5.74) is 1.54. The van der Waals surface area contributed by atoms with Gasteiger partial charge in [0.05, 0.1) is 0 Å². The second kappa shape index (κ2) is 7.67. The fourth-order valence-corrected chi connectivity index (χ4v) is 4.54. The molecule has 0 saturated carbocycles. The molecule has 1 saturated heterocycles. The molecule has 1 N–H and O–H groups in total. The zero-order chi connectivity index (χ0) is 13.7. The summed E-state index contributed by atoms with van der Waals surface area (Å²) < 4.78 is 0. The number of hydrogen-bond donors (Lipinski definition) is 1. The predicted molar refractivity (Wildman–Crippen MR) is 88.3 cm³/mol. The van der Waals surface area contributed by atoms with Gasteiger partial charge >= 0.3 is 0 Å². The average Bonchev–Trinajstić information content (AvgIpc) is 2.73. The molecule has 0 radical (unpaired) electrons. The number of nitrogens with one attached hydrogen (secondary N) is 1. The maximum absolute atomic E-state index is 3.50. The van der Waals surface area contributed by atoms with Crippen molar-refractivity contribution in [3.8, 4) is 0 Å². The molecule has 1 unspecified atom stereocenters. The van der Waals surface area contributed by atoms with Gasteiger partial charge < -0.3 is 5.32 Å². The summed E-state index contributed by atoms with van der Waals surface area (Å²) in [7, 11) is 0. The molecule has 2 heterocycles. The van der Waals surface area contributed by atoms with Crippen LogP contribution in [-0.4, -0.2) is 35.5 Å². The number of aryl methyl sites for hydroxylation is 1. The van der Waals surface area contributed by atoms with Crippen LogP contribution in [0.5, 0.6) is 0 Å². The van der Waals surface area contributed by atoms with Crippen LogP contribution in [0.2, 0.25) is 0 Å². The van der Waals surface area contributed by atoms with Crippen LogP contribution in [-0.2, 0) is 13.1 Å². The minimum absolute atomic E-state index is 0.722. The van der Waals surface area contributed by atoms with Gasteiger partial charge in [-0.1, -0.05) is 6.92 Å². The van der Waals surface area contributed by atoms with Crippen molar-refractivity contribution in [3.63, 3.8) is 0 Å². The molecule has 1 aliphatic rings. The molecule has 2 rings (SSSR count). The number of rotatable bonds is 6. The Morgan fingerprint density at radius 3 is 3.05 bits per heavy atom. The quantitative estimate of drug-likeness (QED) is 0.809. The van der Waals surface area contributed by atoms with Gasteiger partial charge in [-0.05, 0) is 38.4 Å². The lowest BCUT2D eigenvalue weighted by molar-refractivity contribution is 0.224. The summed E-state index contributed by atoms with van der Waals surface area (Å²) in [5, 5.41) is 3.50. The molecule has 4 heteroatoms. The lowest BCUT2D eigenvalue weighted by atomic mass is 10.2. The van der Waals surface area contributed by atoms with Crippen LogP contribution >= 0.6 is 23.1 Å². The molecule has 0 aliphatic carbocycles. The zero-order valence-electron chi connectivity index (χ0n) is 12.4. The molecule has 108 valence electrons. The van der Waals surface area contributed by atoms with Gasteiger partial charge in [-0.15, -0.1) is 11.3 Å². The molecule has 0 aromatic carbocycles. The van der Waals surface area contributed by atoms with Crippen molar-refractivity contribution in [3.05, 3.63) is 21.4 Å². The van der Waals surface area contributed by atoms with Gasteiger partial charge in [0, 0.05) is 46.9 Å². The molecule has 19 heavy (non-hydrogen) atoms. The summed E-state index contributed by atoms with van der Waals surface area (Å²) in [6, 6.07) is 3.14. The van der Waals surface area contributed by atoms with Crippen molar-refractivity contribution >= 4 is 23.1 Å². The first-order valence-corrected chi connectivity index (χ1v) is 9.28. The Morgan fingerprint density at radius 1 is 1.47 bits per heavy atom. The predicted octanol–water partition coefficient (Wildman–Crippen LogP) is 3.49. The molecule has 1 atom stereocenters. The van der Waals surface area contributed by atoms with Crippen LogP contribution < -0.4 is 5.32 Å². The maximum atomic E-state index is 3.50. The second-order valence-corrected chi connectivity index (χ2v) is 7.86. The van der Waals surface area contributed by atoms with Gasteiger partial charge in [0.25, 0.3) is 0 Å². The summed E-state index contributed by atoms with van der Waals surface area (Å²) in [4.78, 5) is 5.62. The number of thioether (sulfide) groups is 1. The number of thiophene rings is 1.